The fourth-order valence-corrected chi connectivity index (χ4v) is 4.48. The number of hydrogen-bond donors (Lipinski definition) is 0. The number of nitrogens with zero attached hydrogens (tertiary/aromatic N) is 1. The van der Waals surface area contributed by atoms with Crippen LogP contribution in [0.25, 0.3) is 0 Å². The first-order valence-corrected chi connectivity index (χ1v) is 10.2. The minimum atomic E-state index is -0.981. The zero-order chi connectivity index (χ0) is 22.0. The number of benzene rings is 1. The molecule has 3 rings (SSSR count). The van der Waals surface area contributed by atoms with Gasteiger partial charge in [-0.3, -0.25) is 14.6 Å². The molecule has 4 atom stereocenters. The van der Waals surface area contributed by atoms with Gasteiger partial charge in [0.25, 0.3) is 0 Å². The smallest absolute Gasteiger partial charge is 0.336 e. The van der Waals surface area contributed by atoms with Crippen molar-refractivity contribution in [1.29, 1.82) is 0 Å². The number of aliphatic imine (C=N–C) groups is 1. The monoisotopic (exact) mass is 415 g/mol. The van der Waals surface area contributed by atoms with Gasteiger partial charge in [0.1, 0.15) is 11.7 Å². The van der Waals surface area contributed by atoms with Crippen molar-refractivity contribution < 1.29 is 28.2 Å². The molecule has 0 amide bonds. The molecule has 2 aliphatic rings. The zero-order valence-electron chi connectivity index (χ0n) is 17.6. The van der Waals surface area contributed by atoms with Gasteiger partial charge in [0.05, 0.1) is 24.7 Å². The summed E-state index contributed by atoms with van der Waals surface area (Å²) in [7, 11) is 0. The van der Waals surface area contributed by atoms with E-state index in [9.17, 15) is 18.8 Å². The Balaban J connectivity index is 2.17. The van der Waals surface area contributed by atoms with Crippen LogP contribution in [-0.2, 0) is 23.9 Å². The van der Waals surface area contributed by atoms with E-state index in [-0.39, 0.29) is 30.3 Å². The van der Waals surface area contributed by atoms with E-state index >= 15 is 0 Å². The van der Waals surface area contributed by atoms with Gasteiger partial charge in [-0.25, -0.2) is 9.18 Å². The highest BCUT2D eigenvalue weighted by Crippen LogP contribution is 2.46. The third kappa shape index (κ3) is 3.80. The molecule has 6 nitrogen and oxygen atoms in total. The summed E-state index contributed by atoms with van der Waals surface area (Å²) in [6.45, 7) is 7.11. The molecule has 1 unspecified atom stereocenters. The number of Topliss-reactive ketones (excluding diaryl/α,β-unsaturated/α-hetero) is 1. The van der Waals surface area contributed by atoms with E-state index in [1.165, 1.54) is 6.07 Å². The Hall–Kier alpha value is -2.83. The highest BCUT2D eigenvalue weighted by Gasteiger charge is 2.51. The van der Waals surface area contributed by atoms with E-state index in [2.05, 4.69) is 4.99 Å². The lowest BCUT2D eigenvalue weighted by atomic mass is 9.63. The minimum absolute atomic E-state index is 0.136. The summed E-state index contributed by atoms with van der Waals surface area (Å²) in [6, 6.07) is 6.04. The number of esters is 2. The van der Waals surface area contributed by atoms with Gasteiger partial charge in [0, 0.05) is 17.3 Å². The molecule has 1 aromatic rings. The molecule has 7 heteroatoms. The molecule has 160 valence electrons. The molecule has 0 saturated heterocycles. The van der Waals surface area contributed by atoms with Crippen molar-refractivity contribution in [1.82, 2.24) is 0 Å². The van der Waals surface area contributed by atoms with Crippen LogP contribution in [0.3, 0.4) is 0 Å². The molecule has 1 aliphatic carbocycles. The van der Waals surface area contributed by atoms with Crippen LogP contribution < -0.4 is 0 Å². The van der Waals surface area contributed by atoms with E-state index < -0.39 is 41.3 Å². The molecule has 1 aliphatic heterocycles. The number of carbonyl (C=O) groups is 3. The number of hydrogen-bond acceptors (Lipinski definition) is 6. The second-order valence-corrected chi connectivity index (χ2v) is 7.61. The van der Waals surface area contributed by atoms with Crippen molar-refractivity contribution in [3.05, 3.63) is 46.9 Å². The van der Waals surface area contributed by atoms with Gasteiger partial charge in [-0.1, -0.05) is 25.1 Å². The van der Waals surface area contributed by atoms with Crippen LogP contribution in [0.15, 0.2) is 40.5 Å². The second kappa shape index (κ2) is 8.90. The fourth-order valence-electron chi connectivity index (χ4n) is 4.48. The summed E-state index contributed by atoms with van der Waals surface area (Å²) in [5.74, 6) is -5.26. The number of ketones is 1. The Bertz CT molecular complexity index is 935. The van der Waals surface area contributed by atoms with E-state index in [1.54, 1.807) is 45.9 Å². The first kappa shape index (κ1) is 21.9. The molecule has 0 spiro atoms. The highest BCUT2D eigenvalue weighted by atomic mass is 19.1. The van der Waals surface area contributed by atoms with Gasteiger partial charge in [-0.15, -0.1) is 0 Å². The topological polar surface area (TPSA) is 82.0 Å². The molecule has 1 saturated carbocycles. The average molecular weight is 415 g/mol. The number of fused-ring (bicyclic) bond motifs is 1. The fraction of sp³-hybridized carbons (Fsp3) is 0.478. The SMILES string of the molecule is CCOC(=O)C1=C(C)N=C2C[C@@H](C)[C@@H](C(=O)OCC)C(=O)C2[C@@H]1c1ccccc1F. The number of allylic oxidation sites excluding steroid dienone is 1. The lowest BCUT2D eigenvalue weighted by Gasteiger charge is -2.40. The summed E-state index contributed by atoms with van der Waals surface area (Å²) >= 11 is 0. The average Bonchev–Trinajstić information content (AvgIpc) is 2.67. The Labute approximate surface area is 175 Å². The van der Waals surface area contributed by atoms with Crippen LogP contribution in [0.1, 0.15) is 45.6 Å². The van der Waals surface area contributed by atoms with E-state index in [0.717, 1.165) is 0 Å². The minimum Gasteiger partial charge on any atom is -0.465 e. The molecular weight excluding hydrogens is 389 g/mol. The third-order valence-electron chi connectivity index (χ3n) is 5.69. The quantitative estimate of drug-likeness (QED) is 0.542. The molecule has 0 bridgehead atoms. The van der Waals surface area contributed by atoms with Gasteiger partial charge < -0.3 is 9.47 Å². The van der Waals surface area contributed by atoms with Crippen molar-refractivity contribution in [3.8, 4) is 0 Å². The summed E-state index contributed by atoms with van der Waals surface area (Å²) < 4.78 is 25.2. The standard InChI is InChI=1S/C23H26FNO5/c1-5-29-22(27)17-12(3)11-16-20(21(17)26)19(14-9-7-8-10-15(14)24)18(13(4)25-16)23(28)30-6-2/h7-10,12,17,19-20H,5-6,11H2,1-4H3/t12-,17-,19-,20?/m1/s1. The van der Waals surface area contributed by atoms with Crippen molar-refractivity contribution in [3.63, 3.8) is 0 Å². The maximum Gasteiger partial charge on any atom is 0.336 e. The largest absolute Gasteiger partial charge is 0.465 e. The Morgan fingerprint density at radius 1 is 1.13 bits per heavy atom. The van der Waals surface area contributed by atoms with Crippen molar-refractivity contribution in [2.75, 3.05) is 13.2 Å². The van der Waals surface area contributed by atoms with Crippen molar-refractivity contribution in [2.24, 2.45) is 22.7 Å². The molecule has 30 heavy (non-hydrogen) atoms. The zero-order valence-corrected chi connectivity index (χ0v) is 17.6. The Kier molecular flexibility index (Phi) is 6.48. The number of halogens is 1. The lowest BCUT2D eigenvalue weighted by molar-refractivity contribution is -0.154. The van der Waals surface area contributed by atoms with Crippen LogP contribution in [-0.4, -0.2) is 36.6 Å². The molecule has 1 heterocycles. The van der Waals surface area contributed by atoms with Crippen molar-refractivity contribution >= 4 is 23.4 Å². The second-order valence-electron chi connectivity index (χ2n) is 7.61. The van der Waals surface area contributed by atoms with E-state index in [0.29, 0.717) is 17.8 Å². The first-order chi connectivity index (χ1) is 14.3. The normalized spacial score (nSPS) is 26.0. The number of ether oxygens (including phenoxy) is 2. The van der Waals surface area contributed by atoms with E-state index in [4.69, 9.17) is 9.47 Å². The maximum absolute atomic E-state index is 14.8. The number of carbonyl (C=O) groups excluding carboxylic acids is 3. The van der Waals surface area contributed by atoms with Gasteiger partial charge in [0.15, 0.2) is 5.78 Å². The molecule has 0 aromatic heterocycles. The van der Waals surface area contributed by atoms with Crippen molar-refractivity contribution in [2.45, 2.75) is 40.0 Å². The summed E-state index contributed by atoms with van der Waals surface area (Å²) in [5, 5.41) is 0. The molecule has 0 N–H and O–H groups in total. The van der Waals surface area contributed by atoms with E-state index in [1.807, 2.05) is 0 Å². The van der Waals surface area contributed by atoms with Crippen LogP contribution in [0.4, 0.5) is 4.39 Å². The molecule has 0 radical (unpaired) electrons. The summed E-state index contributed by atoms with van der Waals surface area (Å²) in [6.07, 6.45) is 0.387. The van der Waals surface area contributed by atoms with Gasteiger partial charge in [-0.05, 0) is 44.7 Å². The summed E-state index contributed by atoms with van der Waals surface area (Å²) in [5.41, 5.74) is 1.33. The Morgan fingerprint density at radius 3 is 2.43 bits per heavy atom. The third-order valence-corrected chi connectivity index (χ3v) is 5.69. The highest BCUT2D eigenvalue weighted by molar-refractivity contribution is 6.17. The predicted molar refractivity (Wildman–Crippen MR) is 108 cm³/mol. The first-order valence-electron chi connectivity index (χ1n) is 10.2. The van der Waals surface area contributed by atoms with Crippen LogP contribution in [0, 0.1) is 23.6 Å². The maximum atomic E-state index is 14.8. The van der Waals surface area contributed by atoms with Crippen LogP contribution >= 0.6 is 0 Å². The summed E-state index contributed by atoms with van der Waals surface area (Å²) in [4.78, 5) is 43.4. The molecule has 1 fully saturated rings. The lowest BCUT2D eigenvalue weighted by Crippen LogP contribution is -2.49. The van der Waals surface area contributed by atoms with Crippen LogP contribution in [0.5, 0.6) is 0 Å². The van der Waals surface area contributed by atoms with Gasteiger partial charge in [-0.2, -0.15) is 0 Å². The Morgan fingerprint density at radius 2 is 1.80 bits per heavy atom. The van der Waals surface area contributed by atoms with Crippen LogP contribution in [0.2, 0.25) is 0 Å². The van der Waals surface area contributed by atoms with Gasteiger partial charge in [0.2, 0.25) is 0 Å². The predicted octanol–water partition coefficient (Wildman–Crippen LogP) is 3.61. The van der Waals surface area contributed by atoms with Gasteiger partial charge >= 0.3 is 11.9 Å². The molecule has 1 aromatic carbocycles. The number of rotatable bonds is 5. The molecular formula is C23H26FNO5.